The van der Waals surface area contributed by atoms with Gasteiger partial charge in [-0.3, -0.25) is 4.79 Å². The van der Waals surface area contributed by atoms with E-state index in [1.54, 1.807) is 23.1 Å². The molecule has 0 saturated carbocycles. The Morgan fingerprint density at radius 2 is 2.23 bits per heavy atom. The zero-order chi connectivity index (χ0) is 17.9. The number of piperidine rings is 1. The van der Waals surface area contributed by atoms with E-state index in [1.165, 1.54) is 6.07 Å². The van der Waals surface area contributed by atoms with Crippen LogP contribution in [-0.2, 0) is 24.2 Å². The zero-order valence-corrected chi connectivity index (χ0v) is 14.7. The lowest BCUT2D eigenvalue weighted by Crippen LogP contribution is -2.38. The molecule has 0 radical (unpaired) electrons. The molecular formula is C20H23FN4O. The Morgan fingerprint density at radius 3 is 3.04 bits per heavy atom. The number of nitrogens with one attached hydrogen (secondary N) is 1. The van der Waals surface area contributed by atoms with Gasteiger partial charge in [-0.2, -0.15) is 0 Å². The van der Waals surface area contributed by atoms with E-state index in [9.17, 15) is 9.18 Å². The van der Waals surface area contributed by atoms with Gasteiger partial charge in [0, 0.05) is 43.7 Å². The first-order valence-electron chi connectivity index (χ1n) is 9.27. The zero-order valence-electron chi connectivity index (χ0n) is 14.7. The third-order valence-electron chi connectivity index (χ3n) is 5.27. The van der Waals surface area contributed by atoms with Crippen molar-refractivity contribution in [3.05, 3.63) is 58.9 Å². The molecule has 0 spiro atoms. The Morgan fingerprint density at radius 1 is 1.35 bits per heavy atom. The Balaban J connectivity index is 1.44. The number of amides is 1. The van der Waals surface area contributed by atoms with Crippen molar-refractivity contribution < 1.29 is 9.18 Å². The standard InChI is InChI=1S/C20H23FN4O/c21-17-6-2-1-4-14(17)10-19(26)25-9-7-18-16(13-25)12-23-20(24-18)15-5-3-8-22-11-15/h1-2,4,6,12,15,22H,3,5,7-11,13H2/t15-/m1/s1. The normalized spacial score (nSPS) is 19.9. The minimum absolute atomic E-state index is 0.0543. The molecule has 2 aliphatic heterocycles. The van der Waals surface area contributed by atoms with Crippen LogP contribution in [-0.4, -0.2) is 40.4 Å². The van der Waals surface area contributed by atoms with Gasteiger partial charge in [-0.15, -0.1) is 0 Å². The summed E-state index contributed by atoms with van der Waals surface area (Å²) in [5.41, 5.74) is 2.50. The maximum atomic E-state index is 13.8. The molecule has 136 valence electrons. The van der Waals surface area contributed by atoms with Gasteiger partial charge in [-0.1, -0.05) is 18.2 Å². The third-order valence-corrected chi connectivity index (χ3v) is 5.27. The molecule has 1 saturated heterocycles. The van der Waals surface area contributed by atoms with Crippen LogP contribution in [0.2, 0.25) is 0 Å². The van der Waals surface area contributed by atoms with Crippen molar-refractivity contribution >= 4 is 5.91 Å². The molecule has 4 rings (SSSR count). The highest BCUT2D eigenvalue weighted by molar-refractivity contribution is 5.79. The van der Waals surface area contributed by atoms with Crippen LogP contribution in [0, 0.1) is 5.82 Å². The third kappa shape index (κ3) is 3.60. The Kier molecular flexibility index (Phi) is 4.93. The van der Waals surface area contributed by atoms with Crippen molar-refractivity contribution in [2.24, 2.45) is 0 Å². The number of rotatable bonds is 3. The molecule has 1 amide bonds. The summed E-state index contributed by atoms with van der Waals surface area (Å²) in [6.45, 7) is 3.14. The molecule has 1 fully saturated rings. The van der Waals surface area contributed by atoms with Gasteiger partial charge >= 0.3 is 0 Å². The first-order chi connectivity index (χ1) is 12.7. The molecule has 1 atom stereocenters. The van der Waals surface area contributed by atoms with Gasteiger partial charge in [0.25, 0.3) is 0 Å². The van der Waals surface area contributed by atoms with E-state index in [4.69, 9.17) is 4.98 Å². The predicted molar refractivity (Wildman–Crippen MR) is 96.1 cm³/mol. The van der Waals surface area contributed by atoms with Crippen LogP contribution in [0.1, 0.15) is 41.4 Å². The quantitative estimate of drug-likeness (QED) is 0.918. The van der Waals surface area contributed by atoms with Crippen LogP contribution in [0.4, 0.5) is 4.39 Å². The van der Waals surface area contributed by atoms with E-state index in [0.717, 1.165) is 49.4 Å². The number of aromatic nitrogens is 2. The molecule has 0 aliphatic carbocycles. The van der Waals surface area contributed by atoms with Crippen LogP contribution in [0.3, 0.4) is 0 Å². The fraction of sp³-hybridized carbons (Fsp3) is 0.450. The van der Waals surface area contributed by atoms with E-state index in [-0.39, 0.29) is 18.1 Å². The van der Waals surface area contributed by atoms with Crippen molar-refractivity contribution in [2.75, 3.05) is 19.6 Å². The maximum Gasteiger partial charge on any atom is 0.227 e. The van der Waals surface area contributed by atoms with Crippen molar-refractivity contribution in [3.8, 4) is 0 Å². The van der Waals surface area contributed by atoms with Gasteiger partial charge in [0.2, 0.25) is 5.91 Å². The number of halogens is 1. The maximum absolute atomic E-state index is 13.8. The van der Waals surface area contributed by atoms with Gasteiger partial charge in [0.05, 0.1) is 12.1 Å². The topological polar surface area (TPSA) is 58.1 Å². The lowest BCUT2D eigenvalue weighted by Gasteiger charge is -2.29. The number of carbonyl (C=O) groups is 1. The summed E-state index contributed by atoms with van der Waals surface area (Å²) < 4.78 is 13.8. The largest absolute Gasteiger partial charge is 0.338 e. The monoisotopic (exact) mass is 354 g/mol. The second-order valence-electron chi connectivity index (χ2n) is 7.08. The van der Waals surface area contributed by atoms with Gasteiger partial charge < -0.3 is 10.2 Å². The SMILES string of the molecule is O=C(Cc1ccccc1F)N1CCc2nc([C@@H]3CCCNC3)ncc2C1. The highest BCUT2D eigenvalue weighted by atomic mass is 19.1. The second kappa shape index (κ2) is 7.50. The molecule has 26 heavy (non-hydrogen) atoms. The lowest BCUT2D eigenvalue weighted by molar-refractivity contribution is -0.131. The van der Waals surface area contributed by atoms with E-state index in [0.29, 0.717) is 24.6 Å². The van der Waals surface area contributed by atoms with Gasteiger partial charge in [0.15, 0.2) is 0 Å². The molecule has 0 bridgehead atoms. The van der Waals surface area contributed by atoms with Crippen LogP contribution < -0.4 is 5.32 Å². The average Bonchev–Trinajstić information content (AvgIpc) is 2.69. The molecule has 1 aromatic carbocycles. The van der Waals surface area contributed by atoms with E-state index in [2.05, 4.69) is 10.3 Å². The molecule has 1 N–H and O–H groups in total. The fourth-order valence-corrected chi connectivity index (χ4v) is 3.73. The molecule has 2 aliphatic rings. The first kappa shape index (κ1) is 17.1. The molecule has 2 aromatic rings. The summed E-state index contributed by atoms with van der Waals surface area (Å²) in [7, 11) is 0. The Labute approximate surface area is 152 Å². The minimum Gasteiger partial charge on any atom is -0.338 e. The van der Waals surface area contributed by atoms with Crippen LogP contribution >= 0.6 is 0 Å². The number of hydrogen-bond donors (Lipinski definition) is 1. The van der Waals surface area contributed by atoms with Crippen molar-refractivity contribution in [3.63, 3.8) is 0 Å². The molecule has 6 heteroatoms. The van der Waals surface area contributed by atoms with Crippen LogP contribution in [0.25, 0.3) is 0 Å². The van der Waals surface area contributed by atoms with Crippen LogP contribution in [0.5, 0.6) is 0 Å². The number of carbonyl (C=O) groups excluding carboxylic acids is 1. The predicted octanol–water partition coefficient (Wildman–Crippen LogP) is 2.21. The van der Waals surface area contributed by atoms with Crippen LogP contribution in [0.15, 0.2) is 30.5 Å². The molecule has 0 unspecified atom stereocenters. The van der Waals surface area contributed by atoms with E-state index in [1.807, 2.05) is 6.20 Å². The summed E-state index contributed by atoms with van der Waals surface area (Å²) in [5, 5.41) is 3.40. The number of hydrogen-bond acceptors (Lipinski definition) is 4. The van der Waals surface area contributed by atoms with Gasteiger partial charge in [0.1, 0.15) is 11.6 Å². The van der Waals surface area contributed by atoms with Gasteiger partial charge in [-0.05, 0) is 31.0 Å². The average molecular weight is 354 g/mol. The van der Waals surface area contributed by atoms with Gasteiger partial charge in [-0.25, -0.2) is 14.4 Å². The number of nitrogens with zero attached hydrogens (tertiary/aromatic N) is 3. The highest BCUT2D eigenvalue weighted by Gasteiger charge is 2.25. The molecule has 1 aromatic heterocycles. The number of fused-ring (bicyclic) bond motifs is 1. The second-order valence-corrected chi connectivity index (χ2v) is 7.08. The van der Waals surface area contributed by atoms with Crippen molar-refractivity contribution in [2.45, 2.75) is 38.1 Å². The van der Waals surface area contributed by atoms with E-state index >= 15 is 0 Å². The van der Waals surface area contributed by atoms with Crippen molar-refractivity contribution in [1.29, 1.82) is 0 Å². The molecule has 5 nitrogen and oxygen atoms in total. The summed E-state index contributed by atoms with van der Waals surface area (Å²) in [4.78, 5) is 23.7. The van der Waals surface area contributed by atoms with E-state index < -0.39 is 0 Å². The summed E-state index contributed by atoms with van der Waals surface area (Å²) in [5.74, 6) is 0.922. The summed E-state index contributed by atoms with van der Waals surface area (Å²) in [6.07, 6.45) is 4.97. The molecule has 3 heterocycles. The fourth-order valence-electron chi connectivity index (χ4n) is 3.73. The Bertz CT molecular complexity index is 804. The number of benzene rings is 1. The summed E-state index contributed by atoms with van der Waals surface area (Å²) in [6, 6.07) is 6.45. The first-order valence-corrected chi connectivity index (χ1v) is 9.27. The smallest absolute Gasteiger partial charge is 0.227 e. The minimum atomic E-state index is -0.327. The highest BCUT2D eigenvalue weighted by Crippen LogP contribution is 2.23. The lowest BCUT2D eigenvalue weighted by atomic mass is 9.98. The Hall–Kier alpha value is -2.34. The summed E-state index contributed by atoms with van der Waals surface area (Å²) >= 11 is 0. The molecular weight excluding hydrogens is 331 g/mol. The van der Waals surface area contributed by atoms with Crippen molar-refractivity contribution in [1.82, 2.24) is 20.2 Å².